The first-order valence-electron chi connectivity index (χ1n) is 4.47. The number of aryl methyl sites for hydroxylation is 2. The van der Waals surface area contributed by atoms with E-state index in [1.165, 1.54) is 0 Å². The van der Waals surface area contributed by atoms with Crippen molar-refractivity contribution in [2.24, 2.45) is 0 Å². The van der Waals surface area contributed by atoms with E-state index >= 15 is 0 Å². The Kier molecular flexibility index (Phi) is 1.96. The average Bonchev–Trinajstić information content (AvgIpc) is 2.09. The Morgan fingerprint density at radius 2 is 2.31 bits per heavy atom. The minimum absolute atomic E-state index is 0.456. The highest BCUT2D eigenvalue weighted by atomic mass is 16.5. The minimum atomic E-state index is -0.456. The quantitative estimate of drug-likeness (QED) is 0.656. The van der Waals surface area contributed by atoms with Gasteiger partial charge in [0.2, 0.25) is 0 Å². The van der Waals surface area contributed by atoms with E-state index in [2.05, 4.69) is 4.98 Å². The zero-order valence-corrected chi connectivity index (χ0v) is 7.87. The lowest BCUT2D eigenvalue weighted by atomic mass is 10.1. The molecule has 3 nitrogen and oxygen atoms in total. The topological polar surface area (TPSA) is 42.4 Å². The van der Waals surface area contributed by atoms with Crippen LogP contribution in [0.5, 0.6) is 5.75 Å². The SMILES string of the molecule is Cc1cc2c(nc1C)C(O)CCO2. The lowest BCUT2D eigenvalue weighted by Gasteiger charge is -2.21. The third kappa shape index (κ3) is 1.40. The van der Waals surface area contributed by atoms with Crippen molar-refractivity contribution in [3.05, 3.63) is 23.0 Å². The van der Waals surface area contributed by atoms with Gasteiger partial charge in [-0.2, -0.15) is 0 Å². The maximum absolute atomic E-state index is 9.63. The van der Waals surface area contributed by atoms with E-state index in [0.717, 1.165) is 17.0 Å². The monoisotopic (exact) mass is 179 g/mol. The number of ether oxygens (including phenoxy) is 1. The van der Waals surface area contributed by atoms with Gasteiger partial charge in [-0.25, -0.2) is 0 Å². The van der Waals surface area contributed by atoms with E-state index in [4.69, 9.17) is 4.74 Å². The van der Waals surface area contributed by atoms with Gasteiger partial charge in [-0.1, -0.05) is 0 Å². The van der Waals surface area contributed by atoms with Crippen molar-refractivity contribution in [2.45, 2.75) is 26.4 Å². The summed E-state index contributed by atoms with van der Waals surface area (Å²) in [6.45, 7) is 4.52. The van der Waals surface area contributed by atoms with Crippen LogP contribution in [0.3, 0.4) is 0 Å². The number of rotatable bonds is 0. The van der Waals surface area contributed by atoms with E-state index in [9.17, 15) is 5.11 Å². The Morgan fingerprint density at radius 3 is 3.08 bits per heavy atom. The Bertz CT molecular complexity index is 336. The second-order valence-corrected chi connectivity index (χ2v) is 3.43. The van der Waals surface area contributed by atoms with Gasteiger partial charge in [0.1, 0.15) is 17.5 Å². The first kappa shape index (κ1) is 8.51. The highest BCUT2D eigenvalue weighted by Gasteiger charge is 2.21. The molecule has 2 rings (SSSR count). The first-order valence-corrected chi connectivity index (χ1v) is 4.47. The van der Waals surface area contributed by atoms with Crippen LogP contribution in [0.2, 0.25) is 0 Å². The standard InChI is InChI=1S/C10H13NO2/c1-6-5-9-10(11-7(6)2)8(12)3-4-13-9/h5,8,12H,3-4H2,1-2H3. The number of aliphatic hydroxyl groups is 1. The molecule has 70 valence electrons. The molecule has 0 saturated carbocycles. The summed E-state index contributed by atoms with van der Waals surface area (Å²) in [4.78, 5) is 4.32. The van der Waals surface area contributed by atoms with E-state index < -0.39 is 6.10 Å². The molecule has 13 heavy (non-hydrogen) atoms. The minimum Gasteiger partial charge on any atom is -0.491 e. The number of fused-ring (bicyclic) bond motifs is 1. The van der Waals surface area contributed by atoms with E-state index in [0.29, 0.717) is 18.7 Å². The van der Waals surface area contributed by atoms with Crippen LogP contribution in [0.15, 0.2) is 6.07 Å². The lowest BCUT2D eigenvalue weighted by molar-refractivity contribution is 0.110. The molecule has 0 radical (unpaired) electrons. The van der Waals surface area contributed by atoms with Crippen LogP contribution in [0.25, 0.3) is 0 Å². The van der Waals surface area contributed by atoms with Gasteiger partial charge in [-0.15, -0.1) is 0 Å². The zero-order valence-electron chi connectivity index (χ0n) is 7.87. The molecular formula is C10H13NO2. The molecule has 1 aromatic heterocycles. The van der Waals surface area contributed by atoms with Gasteiger partial charge in [0.05, 0.1) is 6.61 Å². The number of aromatic nitrogens is 1. The van der Waals surface area contributed by atoms with Crippen LogP contribution < -0.4 is 4.74 Å². The molecule has 1 aliphatic rings. The molecule has 0 spiro atoms. The Balaban J connectivity index is 2.52. The molecule has 1 N–H and O–H groups in total. The summed E-state index contributed by atoms with van der Waals surface area (Å²) in [6, 6.07) is 1.94. The molecule has 1 unspecified atom stereocenters. The molecule has 0 aromatic carbocycles. The molecule has 0 fully saturated rings. The fourth-order valence-corrected chi connectivity index (χ4v) is 1.47. The van der Waals surface area contributed by atoms with Gasteiger partial charge in [0.25, 0.3) is 0 Å². The Labute approximate surface area is 77.4 Å². The van der Waals surface area contributed by atoms with Crippen LogP contribution in [0, 0.1) is 13.8 Å². The van der Waals surface area contributed by atoms with Crippen molar-refractivity contribution in [1.82, 2.24) is 4.98 Å². The van der Waals surface area contributed by atoms with Crippen molar-refractivity contribution in [2.75, 3.05) is 6.61 Å². The number of aliphatic hydroxyl groups excluding tert-OH is 1. The molecule has 0 saturated heterocycles. The predicted octanol–water partition coefficient (Wildman–Crippen LogP) is 1.51. The normalized spacial score (nSPS) is 20.7. The summed E-state index contributed by atoms with van der Waals surface area (Å²) in [5.41, 5.74) is 2.76. The Morgan fingerprint density at radius 1 is 1.54 bits per heavy atom. The van der Waals surface area contributed by atoms with Gasteiger partial charge >= 0.3 is 0 Å². The van der Waals surface area contributed by atoms with Gasteiger partial charge < -0.3 is 9.84 Å². The molecule has 2 heterocycles. The van der Waals surface area contributed by atoms with Gasteiger partial charge in [-0.05, 0) is 25.5 Å². The molecule has 1 aliphatic heterocycles. The molecule has 0 bridgehead atoms. The second kappa shape index (κ2) is 3.00. The zero-order chi connectivity index (χ0) is 9.42. The van der Waals surface area contributed by atoms with Crippen LogP contribution >= 0.6 is 0 Å². The highest BCUT2D eigenvalue weighted by molar-refractivity contribution is 5.36. The lowest BCUT2D eigenvalue weighted by Crippen LogP contribution is -2.16. The van der Waals surface area contributed by atoms with Crippen molar-refractivity contribution < 1.29 is 9.84 Å². The molecule has 1 aromatic rings. The van der Waals surface area contributed by atoms with Crippen molar-refractivity contribution in [1.29, 1.82) is 0 Å². The van der Waals surface area contributed by atoms with Crippen molar-refractivity contribution in [3.63, 3.8) is 0 Å². The largest absolute Gasteiger partial charge is 0.491 e. The average molecular weight is 179 g/mol. The molecule has 0 amide bonds. The third-order valence-corrected chi connectivity index (χ3v) is 2.42. The second-order valence-electron chi connectivity index (χ2n) is 3.43. The van der Waals surface area contributed by atoms with Crippen LogP contribution in [0.4, 0.5) is 0 Å². The van der Waals surface area contributed by atoms with Gasteiger partial charge in [-0.3, -0.25) is 4.98 Å². The maximum Gasteiger partial charge on any atom is 0.143 e. The summed E-state index contributed by atoms with van der Waals surface area (Å²) < 4.78 is 5.41. The fraction of sp³-hybridized carbons (Fsp3) is 0.500. The predicted molar refractivity (Wildman–Crippen MR) is 48.8 cm³/mol. The first-order chi connectivity index (χ1) is 6.18. The van der Waals surface area contributed by atoms with Crippen LogP contribution in [0.1, 0.15) is 29.5 Å². The summed E-state index contributed by atoms with van der Waals surface area (Å²) in [6.07, 6.45) is 0.186. The maximum atomic E-state index is 9.63. The van der Waals surface area contributed by atoms with Crippen molar-refractivity contribution >= 4 is 0 Å². The summed E-state index contributed by atoms with van der Waals surface area (Å²) in [5.74, 6) is 0.738. The number of hydrogen-bond donors (Lipinski definition) is 1. The smallest absolute Gasteiger partial charge is 0.143 e. The summed E-state index contributed by atoms with van der Waals surface area (Å²) in [7, 11) is 0. The van der Waals surface area contributed by atoms with Gasteiger partial charge in [0, 0.05) is 12.1 Å². The number of pyridine rings is 1. The van der Waals surface area contributed by atoms with E-state index in [1.807, 2.05) is 19.9 Å². The molecule has 3 heteroatoms. The molecular weight excluding hydrogens is 166 g/mol. The third-order valence-electron chi connectivity index (χ3n) is 2.42. The number of hydrogen-bond acceptors (Lipinski definition) is 3. The summed E-state index contributed by atoms with van der Waals surface area (Å²) in [5, 5.41) is 9.63. The Hall–Kier alpha value is -1.09. The van der Waals surface area contributed by atoms with Crippen LogP contribution in [-0.4, -0.2) is 16.7 Å². The van der Waals surface area contributed by atoms with E-state index in [1.54, 1.807) is 0 Å². The van der Waals surface area contributed by atoms with Crippen molar-refractivity contribution in [3.8, 4) is 5.75 Å². The van der Waals surface area contributed by atoms with E-state index in [-0.39, 0.29) is 0 Å². The molecule has 1 atom stereocenters. The highest BCUT2D eigenvalue weighted by Crippen LogP contribution is 2.31. The fourth-order valence-electron chi connectivity index (χ4n) is 1.47. The molecule has 0 aliphatic carbocycles. The van der Waals surface area contributed by atoms with Gasteiger partial charge in [0.15, 0.2) is 0 Å². The van der Waals surface area contributed by atoms with Crippen LogP contribution in [-0.2, 0) is 0 Å². The summed E-state index contributed by atoms with van der Waals surface area (Å²) >= 11 is 0. The number of nitrogens with zero attached hydrogens (tertiary/aromatic N) is 1.